The van der Waals surface area contributed by atoms with Gasteiger partial charge in [-0.1, -0.05) is 17.3 Å². The summed E-state index contributed by atoms with van der Waals surface area (Å²) < 4.78 is 0. The third kappa shape index (κ3) is 2.31. The van der Waals surface area contributed by atoms with Crippen LogP contribution in [0.5, 0.6) is 0 Å². The molecule has 1 aromatic carbocycles. The molecule has 1 aromatic heterocycles. The van der Waals surface area contributed by atoms with Crippen LogP contribution in [0.2, 0.25) is 0 Å². The number of hydrogen-bond acceptors (Lipinski definition) is 4. The summed E-state index contributed by atoms with van der Waals surface area (Å²) in [5.41, 5.74) is 2.37. The van der Waals surface area contributed by atoms with Crippen LogP contribution in [0, 0.1) is 0 Å². The maximum absolute atomic E-state index is 3.91. The standard InChI is InChI=1S/C10H13N5/c1-15(2)9-5-3-8(4-6-9)7-10-11-13-14-12-10/h3-6H,7H2,1-2H3,(H,11,12,13,14). The second-order valence-electron chi connectivity index (χ2n) is 3.57. The molecule has 0 radical (unpaired) electrons. The van der Waals surface area contributed by atoms with E-state index in [-0.39, 0.29) is 0 Å². The van der Waals surface area contributed by atoms with Gasteiger partial charge in [0.2, 0.25) is 0 Å². The molecular weight excluding hydrogens is 190 g/mol. The van der Waals surface area contributed by atoms with E-state index in [1.54, 1.807) is 0 Å². The molecule has 5 nitrogen and oxygen atoms in total. The number of aromatic amines is 1. The molecule has 0 fully saturated rings. The van der Waals surface area contributed by atoms with Gasteiger partial charge in [-0.3, -0.25) is 0 Å². The number of anilines is 1. The van der Waals surface area contributed by atoms with Crippen LogP contribution in [0.1, 0.15) is 11.4 Å². The fraction of sp³-hybridized carbons (Fsp3) is 0.300. The SMILES string of the molecule is CN(C)c1ccc(Cc2nn[nH]n2)cc1. The van der Waals surface area contributed by atoms with Gasteiger partial charge in [-0.2, -0.15) is 5.21 Å². The Hall–Kier alpha value is -1.91. The zero-order valence-corrected chi connectivity index (χ0v) is 8.81. The number of aromatic nitrogens is 4. The van der Waals surface area contributed by atoms with Crippen molar-refractivity contribution in [1.29, 1.82) is 0 Å². The first kappa shape index (κ1) is 9.64. The molecule has 0 saturated heterocycles. The Balaban J connectivity index is 2.11. The number of hydrogen-bond donors (Lipinski definition) is 1. The van der Waals surface area contributed by atoms with E-state index in [0.29, 0.717) is 12.2 Å². The molecule has 0 atom stereocenters. The summed E-state index contributed by atoms with van der Waals surface area (Å²) in [5.74, 6) is 0.715. The van der Waals surface area contributed by atoms with Gasteiger partial charge in [-0.15, -0.1) is 10.2 Å². The van der Waals surface area contributed by atoms with Crippen molar-refractivity contribution in [3.63, 3.8) is 0 Å². The number of tetrazole rings is 1. The van der Waals surface area contributed by atoms with Crippen molar-refractivity contribution in [3.05, 3.63) is 35.7 Å². The fourth-order valence-corrected chi connectivity index (χ4v) is 1.35. The predicted molar refractivity (Wildman–Crippen MR) is 57.8 cm³/mol. The van der Waals surface area contributed by atoms with Gasteiger partial charge >= 0.3 is 0 Å². The number of rotatable bonds is 3. The molecule has 0 unspecified atom stereocenters. The largest absolute Gasteiger partial charge is 0.378 e. The van der Waals surface area contributed by atoms with Crippen LogP contribution >= 0.6 is 0 Å². The zero-order valence-electron chi connectivity index (χ0n) is 8.81. The van der Waals surface area contributed by atoms with Crippen LogP contribution in [0.4, 0.5) is 5.69 Å². The maximum atomic E-state index is 3.91. The van der Waals surface area contributed by atoms with Crippen molar-refractivity contribution in [2.75, 3.05) is 19.0 Å². The van der Waals surface area contributed by atoms with Crippen LogP contribution in [0.15, 0.2) is 24.3 Å². The molecule has 78 valence electrons. The Morgan fingerprint density at radius 3 is 2.47 bits per heavy atom. The quantitative estimate of drug-likeness (QED) is 0.803. The van der Waals surface area contributed by atoms with Gasteiger partial charge < -0.3 is 4.90 Å². The smallest absolute Gasteiger partial charge is 0.178 e. The lowest BCUT2D eigenvalue weighted by Gasteiger charge is -2.12. The van der Waals surface area contributed by atoms with Crippen LogP contribution < -0.4 is 4.90 Å². The van der Waals surface area contributed by atoms with Crippen molar-refractivity contribution in [2.45, 2.75) is 6.42 Å². The van der Waals surface area contributed by atoms with Crippen molar-refractivity contribution < 1.29 is 0 Å². The van der Waals surface area contributed by atoms with Gasteiger partial charge in [0.15, 0.2) is 5.82 Å². The molecule has 0 saturated carbocycles. The lowest BCUT2D eigenvalue weighted by molar-refractivity contribution is 0.881. The third-order valence-corrected chi connectivity index (χ3v) is 2.20. The minimum Gasteiger partial charge on any atom is -0.378 e. The number of nitrogens with one attached hydrogen (secondary N) is 1. The van der Waals surface area contributed by atoms with Crippen LogP contribution in [-0.2, 0) is 6.42 Å². The van der Waals surface area contributed by atoms with Gasteiger partial charge in [0.1, 0.15) is 0 Å². The first-order chi connectivity index (χ1) is 7.25. The van der Waals surface area contributed by atoms with E-state index in [4.69, 9.17) is 0 Å². The highest BCUT2D eigenvalue weighted by atomic mass is 15.5. The average Bonchev–Trinajstić information content (AvgIpc) is 2.71. The van der Waals surface area contributed by atoms with E-state index in [1.807, 2.05) is 14.1 Å². The Kier molecular flexibility index (Phi) is 2.62. The molecule has 0 spiro atoms. The second-order valence-corrected chi connectivity index (χ2v) is 3.57. The molecule has 0 aliphatic heterocycles. The normalized spacial score (nSPS) is 10.3. The highest BCUT2D eigenvalue weighted by Gasteiger charge is 2.01. The summed E-state index contributed by atoms with van der Waals surface area (Å²) in [5, 5.41) is 13.8. The van der Waals surface area contributed by atoms with E-state index in [2.05, 4.69) is 49.8 Å². The summed E-state index contributed by atoms with van der Waals surface area (Å²) in [6, 6.07) is 8.31. The first-order valence-corrected chi connectivity index (χ1v) is 4.74. The zero-order chi connectivity index (χ0) is 10.7. The van der Waals surface area contributed by atoms with Gasteiger partial charge in [-0.05, 0) is 17.7 Å². The van der Waals surface area contributed by atoms with Crippen LogP contribution in [0.25, 0.3) is 0 Å². The van der Waals surface area contributed by atoms with Gasteiger partial charge in [0.25, 0.3) is 0 Å². The lowest BCUT2D eigenvalue weighted by Crippen LogP contribution is -2.08. The number of nitrogens with zero attached hydrogens (tertiary/aromatic N) is 4. The van der Waals surface area contributed by atoms with E-state index in [0.717, 1.165) is 0 Å². The fourth-order valence-electron chi connectivity index (χ4n) is 1.35. The lowest BCUT2D eigenvalue weighted by atomic mass is 10.1. The minimum absolute atomic E-state index is 0.713. The molecule has 0 amide bonds. The molecule has 0 aliphatic rings. The Bertz CT molecular complexity index is 404. The summed E-state index contributed by atoms with van der Waals surface area (Å²) in [6.07, 6.45) is 0.713. The molecule has 1 heterocycles. The van der Waals surface area contributed by atoms with Crippen LogP contribution in [0.3, 0.4) is 0 Å². The monoisotopic (exact) mass is 203 g/mol. The summed E-state index contributed by atoms with van der Waals surface area (Å²) in [6.45, 7) is 0. The van der Waals surface area contributed by atoms with Crippen molar-refractivity contribution in [1.82, 2.24) is 20.6 Å². The minimum atomic E-state index is 0.713. The molecule has 0 aliphatic carbocycles. The highest BCUT2D eigenvalue weighted by Crippen LogP contribution is 2.13. The van der Waals surface area contributed by atoms with E-state index >= 15 is 0 Å². The Morgan fingerprint density at radius 2 is 1.93 bits per heavy atom. The third-order valence-electron chi connectivity index (χ3n) is 2.20. The Labute approximate surface area is 88.1 Å². The summed E-state index contributed by atoms with van der Waals surface area (Å²) >= 11 is 0. The summed E-state index contributed by atoms with van der Waals surface area (Å²) in [7, 11) is 4.04. The van der Waals surface area contributed by atoms with Gasteiger partial charge in [-0.25, -0.2) is 0 Å². The van der Waals surface area contributed by atoms with Crippen molar-refractivity contribution in [3.8, 4) is 0 Å². The average molecular weight is 203 g/mol. The highest BCUT2D eigenvalue weighted by molar-refractivity contribution is 5.46. The van der Waals surface area contributed by atoms with E-state index in [1.165, 1.54) is 11.3 Å². The molecule has 0 bridgehead atoms. The van der Waals surface area contributed by atoms with E-state index in [9.17, 15) is 0 Å². The molecule has 15 heavy (non-hydrogen) atoms. The topological polar surface area (TPSA) is 57.7 Å². The van der Waals surface area contributed by atoms with Gasteiger partial charge in [0.05, 0.1) is 0 Å². The van der Waals surface area contributed by atoms with Gasteiger partial charge in [0, 0.05) is 26.2 Å². The maximum Gasteiger partial charge on any atom is 0.178 e. The molecule has 5 heteroatoms. The molecule has 2 aromatic rings. The molecule has 2 rings (SSSR count). The Morgan fingerprint density at radius 1 is 1.20 bits per heavy atom. The molecular formula is C10H13N5. The predicted octanol–water partition coefficient (Wildman–Crippen LogP) is 0.856. The van der Waals surface area contributed by atoms with Crippen LogP contribution in [-0.4, -0.2) is 34.7 Å². The number of H-pyrrole nitrogens is 1. The van der Waals surface area contributed by atoms with Crippen molar-refractivity contribution in [2.24, 2.45) is 0 Å². The first-order valence-electron chi connectivity index (χ1n) is 4.74. The number of benzene rings is 1. The summed E-state index contributed by atoms with van der Waals surface area (Å²) in [4.78, 5) is 2.07. The van der Waals surface area contributed by atoms with E-state index < -0.39 is 0 Å². The second kappa shape index (κ2) is 4.08. The molecule has 1 N–H and O–H groups in total. The van der Waals surface area contributed by atoms with Crippen molar-refractivity contribution >= 4 is 5.69 Å².